The lowest BCUT2D eigenvalue weighted by atomic mass is 10.3. The van der Waals surface area contributed by atoms with Crippen molar-refractivity contribution < 1.29 is 13.5 Å². The van der Waals surface area contributed by atoms with Crippen LogP contribution in [0.15, 0.2) is 23.4 Å². The number of nitrogens with zero attached hydrogens (tertiary/aromatic N) is 1. The fourth-order valence-electron chi connectivity index (χ4n) is 1.14. The lowest BCUT2D eigenvalue weighted by Gasteiger charge is -2.05. The van der Waals surface area contributed by atoms with Crippen molar-refractivity contribution in [1.29, 1.82) is 0 Å². The zero-order chi connectivity index (χ0) is 13.4. The molecule has 98 valence electrons. The largest absolute Gasteiger partial charge is 0.384 e. The molecule has 0 aliphatic rings. The third-order valence-corrected chi connectivity index (χ3v) is 3.97. The molecule has 5 nitrogen and oxygen atoms in total. The fraction of sp³-hybridized carbons (Fsp3) is 0.364. The molecule has 0 radical (unpaired) electrons. The van der Waals surface area contributed by atoms with Crippen molar-refractivity contribution in [3.8, 4) is 11.8 Å². The Morgan fingerprint density at radius 3 is 2.94 bits per heavy atom. The van der Waals surface area contributed by atoms with Crippen molar-refractivity contribution in [2.45, 2.75) is 4.90 Å². The van der Waals surface area contributed by atoms with Gasteiger partial charge in [-0.25, -0.2) is 13.1 Å². The molecule has 18 heavy (non-hydrogen) atoms. The second kappa shape index (κ2) is 7.38. The van der Waals surface area contributed by atoms with Gasteiger partial charge in [0.05, 0.1) is 0 Å². The molecule has 1 aromatic rings. The highest BCUT2D eigenvalue weighted by Crippen LogP contribution is 2.08. The molecule has 1 heterocycles. The number of rotatable bonds is 5. The van der Waals surface area contributed by atoms with Gasteiger partial charge in [-0.15, -0.1) is 0 Å². The minimum atomic E-state index is -3.54. The van der Waals surface area contributed by atoms with E-state index in [1.54, 1.807) is 11.8 Å². The van der Waals surface area contributed by atoms with E-state index in [0.29, 0.717) is 17.9 Å². The molecule has 0 spiro atoms. The quantitative estimate of drug-likeness (QED) is 0.591. The minimum absolute atomic E-state index is 0.0772. The summed E-state index contributed by atoms with van der Waals surface area (Å²) in [6.45, 7) is 0.0962. The smallest absolute Gasteiger partial charge is 0.242 e. The molecular weight excluding hydrogens is 272 g/mol. The molecule has 0 aliphatic heterocycles. The molecule has 0 aliphatic carbocycles. The molecule has 1 aromatic heterocycles. The van der Waals surface area contributed by atoms with E-state index in [1.807, 2.05) is 6.26 Å². The van der Waals surface area contributed by atoms with E-state index in [0.717, 1.165) is 0 Å². The van der Waals surface area contributed by atoms with E-state index < -0.39 is 10.0 Å². The van der Waals surface area contributed by atoms with Crippen molar-refractivity contribution in [1.82, 2.24) is 9.71 Å². The summed E-state index contributed by atoms with van der Waals surface area (Å²) in [5.41, 5.74) is 0.455. The molecule has 0 saturated carbocycles. The van der Waals surface area contributed by atoms with Gasteiger partial charge < -0.3 is 5.11 Å². The summed E-state index contributed by atoms with van der Waals surface area (Å²) >= 11 is 1.56. The lowest BCUT2D eigenvalue weighted by Crippen LogP contribution is -2.26. The average Bonchev–Trinajstić information content (AvgIpc) is 2.37. The molecule has 0 saturated heterocycles. The molecular formula is C11H14N2O3S2. The summed E-state index contributed by atoms with van der Waals surface area (Å²) in [5.74, 6) is 5.76. The number of nitrogens with one attached hydrogen (secondary N) is 1. The van der Waals surface area contributed by atoms with Crippen LogP contribution >= 0.6 is 11.8 Å². The first-order valence-corrected chi connectivity index (χ1v) is 8.01. The van der Waals surface area contributed by atoms with Crippen LogP contribution in [0.5, 0.6) is 0 Å². The molecule has 0 aromatic carbocycles. The van der Waals surface area contributed by atoms with Gasteiger partial charge >= 0.3 is 0 Å². The minimum Gasteiger partial charge on any atom is -0.384 e. The molecule has 0 fully saturated rings. The van der Waals surface area contributed by atoms with Crippen LogP contribution in [0.25, 0.3) is 0 Å². The molecule has 7 heteroatoms. The summed E-state index contributed by atoms with van der Waals surface area (Å²) in [4.78, 5) is 3.90. The van der Waals surface area contributed by atoms with Crippen LogP contribution in [0.1, 0.15) is 5.56 Å². The van der Waals surface area contributed by atoms with E-state index in [-0.39, 0.29) is 11.5 Å². The molecule has 1 rings (SSSR count). The number of aromatic nitrogens is 1. The van der Waals surface area contributed by atoms with Crippen molar-refractivity contribution in [3.63, 3.8) is 0 Å². The normalized spacial score (nSPS) is 10.8. The van der Waals surface area contributed by atoms with Gasteiger partial charge in [-0.05, 0) is 12.3 Å². The first kappa shape index (κ1) is 15.0. The predicted octanol–water partition coefficient (Wildman–Crippen LogP) is 0.0667. The van der Waals surface area contributed by atoms with Gasteiger partial charge in [0.2, 0.25) is 10.0 Å². The summed E-state index contributed by atoms with van der Waals surface area (Å²) in [6, 6.07) is 1.43. The number of hydrogen-bond donors (Lipinski definition) is 2. The van der Waals surface area contributed by atoms with Crippen molar-refractivity contribution in [2.75, 3.05) is 25.2 Å². The van der Waals surface area contributed by atoms with Crippen LogP contribution in [0, 0.1) is 11.8 Å². The summed E-state index contributed by atoms with van der Waals surface area (Å²) < 4.78 is 26.2. The maximum Gasteiger partial charge on any atom is 0.242 e. The van der Waals surface area contributed by atoms with Crippen LogP contribution in [0.4, 0.5) is 0 Å². The predicted molar refractivity (Wildman–Crippen MR) is 71.8 cm³/mol. The van der Waals surface area contributed by atoms with E-state index in [9.17, 15) is 8.42 Å². The monoisotopic (exact) mass is 286 g/mol. The Kier molecular flexibility index (Phi) is 6.15. The van der Waals surface area contributed by atoms with Gasteiger partial charge in [0, 0.05) is 30.3 Å². The van der Waals surface area contributed by atoms with Gasteiger partial charge in [-0.2, -0.15) is 11.8 Å². The van der Waals surface area contributed by atoms with E-state index in [4.69, 9.17) is 5.11 Å². The Morgan fingerprint density at radius 1 is 1.50 bits per heavy atom. The van der Waals surface area contributed by atoms with Gasteiger partial charge in [-0.3, -0.25) is 4.98 Å². The zero-order valence-electron chi connectivity index (χ0n) is 9.88. The van der Waals surface area contributed by atoms with Crippen LogP contribution in [-0.4, -0.2) is 43.7 Å². The Balaban J connectivity index is 2.88. The van der Waals surface area contributed by atoms with Crippen molar-refractivity contribution >= 4 is 21.8 Å². The summed E-state index contributed by atoms with van der Waals surface area (Å²) in [6.07, 6.45) is 4.62. The Morgan fingerprint density at radius 2 is 2.28 bits per heavy atom. The number of thioether (sulfide) groups is 1. The maximum atomic E-state index is 11.9. The van der Waals surface area contributed by atoms with Gasteiger partial charge in [0.25, 0.3) is 0 Å². The van der Waals surface area contributed by atoms with Crippen LogP contribution in [0.2, 0.25) is 0 Å². The summed E-state index contributed by atoms with van der Waals surface area (Å²) in [7, 11) is -3.54. The van der Waals surface area contributed by atoms with E-state index >= 15 is 0 Å². The van der Waals surface area contributed by atoms with E-state index in [1.165, 1.54) is 18.5 Å². The Labute approximate surface area is 111 Å². The van der Waals surface area contributed by atoms with Crippen molar-refractivity contribution in [2.24, 2.45) is 0 Å². The lowest BCUT2D eigenvalue weighted by molar-refractivity contribution is 0.350. The number of pyridine rings is 1. The van der Waals surface area contributed by atoms with Crippen LogP contribution in [0.3, 0.4) is 0 Å². The highest BCUT2D eigenvalue weighted by Gasteiger charge is 2.13. The Bertz CT molecular complexity index is 547. The molecule has 0 bridgehead atoms. The molecule has 2 N–H and O–H groups in total. The first-order valence-electron chi connectivity index (χ1n) is 5.13. The second-order valence-corrected chi connectivity index (χ2v) is 6.01. The Hall–Kier alpha value is -1.07. The average molecular weight is 286 g/mol. The highest BCUT2D eigenvalue weighted by atomic mass is 32.2. The number of sulfonamides is 1. The SMILES string of the molecule is CSCCNS(=O)(=O)c1cncc(C#CCO)c1. The fourth-order valence-corrected chi connectivity index (χ4v) is 2.59. The van der Waals surface area contributed by atoms with Gasteiger partial charge in [-0.1, -0.05) is 11.8 Å². The highest BCUT2D eigenvalue weighted by molar-refractivity contribution is 7.98. The molecule has 0 unspecified atom stereocenters. The first-order chi connectivity index (χ1) is 8.60. The molecule has 0 atom stereocenters. The maximum absolute atomic E-state index is 11.9. The van der Waals surface area contributed by atoms with Crippen LogP contribution in [-0.2, 0) is 10.0 Å². The third kappa shape index (κ3) is 4.66. The zero-order valence-corrected chi connectivity index (χ0v) is 11.5. The van der Waals surface area contributed by atoms with Gasteiger partial charge in [0.1, 0.15) is 11.5 Å². The number of hydrogen-bond acceptors (Lipinski definition) is 5. The topological polar surface area (TPSA) is 79.3 Å². The number of aliphatic hydroxyl groups is 1. The van der Waals surface area contributed by atoms with Gasteiger partial charge in [0.15, 0.2) is 0 Å². The summed E-state index contributed by atoms with van der Waals surface area (Å²) in [5, 5.41) is 8.57. The molecule has 0 amide bonds. The van der Waals surface area contributed by atoms with Crippen molar-refractivity contribution in [3.05, 3.63) is 24.0 Å². The second-order valence-electron chi connectivity index (χ2n) is 3.26. The van der Waals surface area contributed by atoms with E-state index in [2.05, 4.69) is 21.5 Å². The van der Waals surface area contributed by atoms with Crippen LogP contribution < -0.4 is 4.72 Å². The third-order valence-electron chi connectivity index (χ3n) is 1.93. The number of aliphatic hydroxyl groups excluding tert-OH is 1. The standard InChI is InChI=1S/C11H14N2O3S2/c1-17-6-4-13-18(15,16)11-7-10(3-2-5-14)8-12-9-11/h7-9,13-14H,4-6H2,1H3.